The maximum atomic E-state index is 6.38. The molecule has 1 aliphatic rings. The minimum absolute atomic E-state index is 0.392. The maximum Gasteiger partial charge on any atom is 0.247 e. The monoisotopic (exact) mass is 478 g/mol. The van der Waals surface area contributed by atoms with E-state index in [0.29, 0.717) is 16.7 Å². The van der Waals surface area contributed by atoms with Gasteiger partial charge in [0.05, 0.1) is 0 Å². The Hall–Kier alpha value is -2.64. The van der Waals surface area contributed by atoms with E-state index in [1.165, 1.54) is 10.8 Å². The van der Waals surface area contributed by atoms with Crippen molar-refractivity contribution < 1.29 is 4.74 Å². The lowest BCUT2D eigenvalue weighted by Crippen LogP contribution is -2.17. The zero-order chi connectivity index (χ0) is 20.5. The van der Waals surface area contributed by atoms with Gasteiger partial charge in [-0.3, -0.25) is 0 Å². The second-order valence-corrected chi connectivity index (χ2v) is 9.01. The first-order chi connectivity index (χ1) is 14.7. The molecular weight excluding hydrogens is 460 g/mol. The standard InChI is InChI=1S/C23H19BrN4OS/c1-2-11-30-23-26-22-20(27-28-23)18-13-17(24)9-10-19(18)25-21(29-22)16-8-7-14-5-3-4-6-15(14)12-16/h3-10,12-13,21,25H,2,11H2,1H3. The fourth-order valence-corrected chi connectivity index (χ4v) is 4.44. The number of aromatic nitrogens is 3. The van der Waals surface area contributed by atoms with Crippen molar-refractivity contribution >= 4 is 44.2 Å². The predicted octanol–water partition coefficient (Wildman–Crippen LogP) is 6.46. The molecule has 0 saturated carbocycles. The first-order valence-electron chi connectivity index (χ1n) is 9.80. The number of nitrogens with zero attached hydrogens (tertiary/aromatic N) is 3. The molecule has 0 bridgehead atoms. The van der Waals surface area contributed by atoms with E-state index in [-0.39, 0.29) is 0 Å². The van der Waals surface area contributed by atoms with Gasteiger partial charge in [-0.1, -0.05) is 71.0 Å². The number of hydrogen-bond acceptors (Lipinski definition) is 6. The van der Waals surface area contributed by atoms with E-state index >= 15 is 0 Å². The van der Waals surface area contributed by atoms with Crippen LogP contribution >= 0.6 is 27.7 Å². The molecule has 5 rings (SSSR count). The first kappa shape index (κ1) is 19.3. The Kier molecular flexibility index (Phi) is 5.31. The number of hydrogen-bond donors (Lipinski definition) is 1. The van der Waals surface area contributed by atoms with E-state index < -0.39 is 6.23 Å². The van der Waals surface area contributed by atoms with Gasteiger partial charge >= 0.3 is 0 Å². The highest BCUT2D eigenvalue weighted by molar-refractivity contribution is 9.10. The van der Waals surface area contributed by atoms with Gasteiger partial charge in [0, 0.05) is 27.0 Å². The van der Waals surface area contributed by atoms with Crippen LogP contribution in [-0.4, -0.2) is 20.9 Å². The van der Waals surface area contributed by atoms with E-state index in [2.05, 4.69) is 73.7 Å². The van der Waals surface area contributed by atoms with Crippen LogP contribution < -0.4 is 10.1 Å². The Morgan fingerprint density at radius 3 is 2.77 bits per heavy atom. The van der Waals surface area contributed by atoms with Gasteiger partial charge < -0.3 is 10.1 Å². The molecule has 0 aliphatic carbocycles. The molecule has 0 spiro atoms. The molecule has 1 aliphatic heterocycles. The maximum absolute atomic E-state index is 6.38. The van der Waals surface area contributed by atoms with E-state index in [9.17, 15) is 0 Å². The molecule has 0 saturated heterocycles. The van der Waals surface area contributed by atoms with Gasteiger partial charge in [0.25, 0.3) is 0 Å². The summed E-state index contributed by atoms with van der Waals surface area (Å²) in [5.41, 5.74) is 3.51. The fraction of sp³-hybridized carbons (Fsp3) is 0.174. The summed E-state index contributed by atoms with van der Waals surface area (Å²) < 4.78 is 7.34. The number of fused-ring (bicyclic) bond motifs is 4. The third kappa shape index (κ3) is 3.75. The number of ether oxygens (including phenoxy) is 1. The highest BCUT2D eigenvalue weighted by atomic mass is 79.9. The van der Waals surface area contributed by atoms with Crippen molar-refractivity contribution in [1.29, 1.82) is 0 Å². The zero-order valence-electron chi connectivity index (χ0n) is 16.3. The van der Waals surface area contributed by atoms with Crippen molar-refractivity contribution in [2.75, 3.05) is 11.1 Å². The van der Waals surface area contributed by atoms with Gasteiger partial charge in [0.1, 0.15) is 0 Å². The van der Waals surface area contributed by atoms with Crippen molar-refractivity contribution in [2.24, 2.45) is 0 Å². The molecule has 0 radical (unpaired) electrons. The van der Waals surface area contributed by atoms with Crippen molar-refractivity contribution in [3.05, 3.63) is 70.7 Å². The summed E-state index contributed by atoms with van der Waals surface area (Å²) in [6.07, 6.45) is 0.653. The first-order valence-corrected chi connectivity index (χ1v) is 11.6. The molecule has 0 fully saturated rings. The van der Waals surface area contributed by atoms with Crippen LogP contribution in [0.2, 0.25) is 0 Å². The number of thioether (sulfide) groups is 1. The molecule has 1 aromatic heterocycles. The van der Waals surface area contributed by atoms with Gasteiger partial charge in [-0.25, -0.2) is 0 Å². The zero-order valence-corrected chi connectivity index (χ0v) is 18.7. The average Bonchev–Trinajstić information content (AvgIpc) is 2.93. The summed E-state index contributed by atoms with van der Waals surface area (Å²) in [5, 5.41) is 15.3. The number of halogens is 1. The second kappa shape index (κ2) is 8.24. The van der Waals surface area contributed by atoms with Crippen LogP contribution in [-0.2, 0) is 0 Å². The third-order valence-electron chi connectivity index (χ3n) is 4.90. The van der Waals surface area contributed by atoms with E-state index in [4.69, 9.17) is 4.74 Å². The molecule has 30 heavy (non-hydrogen) atoms. The summed E-state index contributed by atoms with van der Waals surface area (Å²) in [4.78, 5) is 4.69. The van der Waals surface area contributed by atoms with Gasteiger partial charge in [-0.15, -0.1) is 10.2 Å². The topological polar surface area (TPSA) is 59.9 Å². The normalized spacial score (nSPS) is 14.9. The fourth-order valence-electron chi connectivity index (χ4n) is 3.45. The van der Waals surface area contributed by atoms with Crippen molar-refractivity contribution in [1.82, 2.24) is 15.2 Å². The van der Waals surface area contributed by atoms with E-state index in [1.807, 2.05) is 30.3 Å². The lowest BCUT2D eigenvalue weighted by Gasteiger charge is -2.20. The van der Waals surface area contributed by atoms with Gasteiger partial charge in [0.2, 0.25) is 11.0 Å². The number of benzene rings is 3. The second-order valence-electron chi connectivity index (χ2n) is 7.04. The minimum atomic E-state index is -0.392. The molecule has 1 atom stereocenters. The molecule has 1 unspecified atom stereocenters. The van der Waals surface area contributed by atoms with Gasteiger partial charge in [-0.2, -0.15) is 4.98 Å². The third-order valence-corrected chi connectivity index (χ3v) is 6.44. The Morgan fingerprint density at radius 1 is 1.03 bits per heavy atom. The van der Waals surface area contributed by atoms with Crippen molar-refractivity contribution in [2.45, 2.75) is 24.7 Å². The summed E-state index contributed by atoms with van der Waals surface area (Å²) in [6.45, 7) is 2.13. The van der Waals surface area contributed by atoms with E-state index in [0.717, 1.165) is 33.5 Å². The Bertz CT molecular complexity index is 1230. The van der Waals surface area contributed by atoms with Crippen LogP contribution in [0.1, 0.15) is 25.1 Å². The number of rotatable bonds is 4. The minimum Gasteiger partial charge on any atom is -0.448 e. The Balaban J connectivity index is 1.61. The molecule has 3 aromatic carbocycles. The summed E-state index contributed by atoms with van der Waals surface area (Å²) in [7, 11) is 0. The van der Waals surface area contributed by atoms with Crippen LogP contribution in [0.4, 0.5) is 5.69 Å². The van der Waals surface area contributed by atoms with Crippen LogP contribution in [0.25, 0.3) is 22.0 Å². The van der Waals surface area contributed by atoms with E-state index in [1.54, 1.807) is 11.8 Å². The van der Waals surface area contributed by atoms with Crippen molar-refractivity contribution in [3.8, 4) is 17.1 Å². The highest BCUT2D eigenvalue weighted by Gasteiger charge is 2.26. The van der Waals surface area contributed by atoms with Crippen LogP contribution in [0, 0.1) is 0 Å². The summed E-state index contributed by atoms with van der Waals surface area (Å²) >= 11 is 5.15. The predicted molar refractivity (Wildman–Crippen MR) is 125 cm³/mol. The lowest BCUT2D eigenvalue weighted by atomic mass is 10.1. The number of anilines is 1. The van der Waals surface area contributed by atoms with Crippen molar-refractivity contribution in [3.63, 3.8) is 0 Å². The SMILES string of the molecule is CCCSc1nnc2c(n1)OC(c1ccc3ccccc3c1)Nc1ccc(Br)cc1-2. The molecule has 5 nitrogen and oxygen atoms in total. The van der Waals surface area contributed by atoms with Crippen LogP contribution in [0.3, 0.4) is 0 Å². The highest BCUT2D eigenvalue weighted by Crippen LogP contribution is 2.41. The summed E-state index contributed by atoms with van der Waals surface area (Å²) in [6, 6.07) is 20.7. The summed E-state index contributed by atoms with van der Waals surface area (Å²) in [5.74, 6) is 1.43. The van der Waals surface area contributed by atoms with Crippen LogP contribution in [0.15, 0.2) is 70.3 Å². The largest absolute Gasteiger partial charge is 0.448 e. The molecule has 150 valence electrons. The van der Waals surface area contributed by atoms with Gasteiger partial charge in [0.15, 0.2) is 11.9 Å². The quantitative estimate of drug-likeness (QED) is 0.339. The molecule has 1 N–H and O–H groups in total. The lowest BCUT2D eigenvalue weighted by molar-refractivity contribution is 0.225. The molecule has 7 heteroatoms. The molecular formula is C23H19BrN4OS. The molecule has 4 aromatic rings. The van der Waals surface area contributed by atoms with Gasteiger partial charge in [-0.05, 0) is 41.5 Å². The average molecular weight is 479 g/mol. The number of nitrogens with one attached hydrogen (secondary N) is 1. The molecule has 0 amide bonds. The Labute approximate surface area is 187 Å². The Morgan fingerprint density at radius 2 is 1.90 bits per heavy atom. The van der Waals surface area contributed by atoms with Crippen LogP contribution in [0.5, 0.6) is 5.88 Å². The smallest absolute Gasteiger partial charge is 0.247 e. The molecule has 2 heterocycles.